The molecule has 4 heteroatoms. The summed E-state index contributed by atoms with van der Waals surface area (Å²) in [4.78, 5) is 14.8. The Morgan fingerprint density at radius 3 is 2.81 bits per heavy atom. The van der Waals surface area contributed by atoms with Gasteiger partial charge in [0, 0.05) is 17.2 Å². The van der Waals surface area contributed by atoms with E-state index in [1.165, 1.54) is 10.5 Å². The van der Waals surface area contributed by atoms with Crippen molar-refractivity contribution in [3.05, 3.63) is 23.3 Å². The molecule has 1 aliphatic rings. The van der Waals surface area contributed by atoms with Crippen LogP contribution >= 0.6 is 11.8 Å². The number of rotatable bonds is 1. The molecule has 0 bridgehead atoms. The topological polar surface area (TPSA) is 46.3 Å². The van der Waals surface area contributed by atoms with E-state index in [4.69, 9.17) is 5.73 Å². The van der Waals surface area contributed by atoms with Crippen LogP contribution in [-0.2, 0) is 4.79 Å². The molecule has 86 valence electrons. The van der Waals surface area contributed by atoms with Crippen LogP contribution in [0.5, 0.6) is 0 Å². The Kier molecular flexibility index (Phi) is 3.21. The molecule has 2 N–H and O–H groups in total. The zero-order valence-corrected chi connectivity index (χ0v) is 10.4. The lowest BCUT2D eigenvalue weighted by atomic mass is 10.1. The maximum Gasteiger partial charge on any atom is 0.240 e. The maximum atomic E-state index is 11.8. The summed E-state index contributed by atoms with van der Waals surface area (Å²) >= 11 is 1.83. The van der Waals surface area contributed by atoms with Gasteiger partial charge in [-0.3, -0.25) is 4.79 Å². The molecule has 3 nitrogen and oxygen atoms in total. The summed E-state index contributed by atoms with van der Waals surface area (Å²) in [6.45, 7) is 4.97. The van der Waals surface area contributed by atoms with E-state index >= 15 is 0 Å². The number of hydrogen-bond donors (Lipinski definition) is 1. The summed E-state index contributed by atoms with van der Waals surface area (Å²) in [7, 11) is 0. The van der Waals surface area contributed by atoms with Crippen molar-refractivity contribution in [3.63, 3.8) is 0 Å². The van der Waals surface area contributed by atoms with Crippen LogP contribution in [0.4, 0.5) is 5.69 Å². The quantitative estimate of drug-likeness (QED) is 0.807. The third-order valence-electron chi connectivity index (χ3n) is 2.84. The molecule has 16 heavy (non-hydrogen) atoms. The molecule has 1 aromatic rings. The molecule has 0 saturated carbocycles. The van der Waals surface area contributed by atoms with Crippen LogP contribution in [-0.4, -0.2) is 24.7 Å². The first-order valence-corrected chi connectivity index (χ1v) is 6.37. The number of thioether (sulfide) groups is 1. The molecule has 0 spiro atoms. The number of fused-ring (bicyclic) bond motifs is 1. The van der Waals surface area contributed by atoms with Crippen molar-refractivity contribution in [1.82, 2.24) is 0 Å². The van der Waals surface area contributed by atoms with Gasteiger partial charge in [-0.1, -0.05) is 12.1 Å². The third kappa shape index (κ3) is 1.83. The largest absolute Gasteiger partial charge is 0.322 e. The predicted octanol–water partition coefficient (Wildman–Crippen LogP) is 1.70. The summed E-state index contributed by atoms with van der Waals surface area (Å²) in [6, 6.07) is 4.18. The van der Waals surface area contributed by atoms with Crippen molar-refractivity contribution < 1.29 is 4.79 Å². The third-order valence-corrected chi connectivity index (χ3v) is 4.03. The molecule has 0 saturated heterocycles. The van der Waals surface area contributed by atoms with Gasteiger partial charge in [-0.2, -0.15) is 0 Å². The number of aryl methyl sites for hydroxylation is 2. The van der Waals surface area contributed by atoms with Crippen molar-refractivity contribution in [1.29, 1.82) is 0 Å². The van der Waals surface area contributed by atoms with E-state index in [2.05, 4.69) is 19.1 Å². The first kappa shape index (κ1) is 11.5. The summed E-state index contributed by atoms with van der Waals surface area (Å²) in [5.41, 5.74) is 8.90. The van der Waals surface area contributed by atoms with Gasteiger partial charge in [-0.25, -0.2) is 0 Å². The van der Waals surface area contributed by atoms with Gasteiger partial charge in [-0.15, -0.1) is 11.8 Å². The molecule has 0 unspecified atom stereocenters. The van der Waals surface area contributed by atoms with E-state index < -0.39 is 0 Å². The molecule has 1 amide bonds. The van der Waals surface area contributed by atoms with Gasteiger partial charge in [-0.05, 0) is 25.0 Å². The highest BCUT2D eigenvalue weighted by Crippen LogP contribution is 2.39. The van der Waals surface area contributed by atoms with Gasteiger partial charge in [0.2, 0.25) is 5.91 Å². The first-order valence-electron chi connectivity index (χ1n) is 5.38. The minimum absolute atomic E-state index is 0.00949. The molecular formula is C12H16N2OS. The summed E-state index contributed by atoms with van der Waals surface area (Å²) < 4.78 is 0. The summed E-state index contributed by atoms with van der Waals surface area (Å²) in [5.74, 6) is 0.957. The standard InChI is InChI=1S/C12H16N2OS/c1-8-3-4-9(2)12-11(8)14(5-6-16-12)10(15)7-13/h3-4H,5-7,13H2,1-2H3. The van der Waals surface area contributed by atoms with E-state index in [0.717, 1.165) is 23.5 Å². The number of carbonyl (C=O) groups is 1. The van der Waals surface area contributed by atoms with Crippen LogP contribution in [0.2, 0.25) is 0 Å². The highest BCUT2D eigenvalue weighted by Gasteiger charge is 2.24. The fourth-order valence-electron chi connectivity index (χ4n) is 2.00. The van der Waals surface area contributed by atoms with Crippen molar-refractivity contribution in [3.8, 4) is 0 Å². The zero-order chi connectivity index (χ0) is 11.7. The number of anilines is 1. The van der Waals surface area contributed by atoms with Crippen molar-refractivity contribution >= 4 is 23.4 Å². The Bertz CT molecular complexity index is 431. The van der Waals surface area contributed by atoms with Crippen LogP contribution in [0.3, 0.4) is 0 Å². The fraction of sp³-hybridized carbons (Fsp3) is 0.417. The van der Waals surface area contributed by atoms with Gasteiger partial charge >= 0.3 is 0 Å². The smallest absolute Gasteiger partial charge is 0.240 e. The molecule has 0 fully saturated rings. The number of nitrogens with zero attached hydrogens (tertiary/aromatic N) is 1. The number of amides is 1. The Labute approximate surface area is 100.0 Å². The second-order valence-electron chi connectivity index (χ2n) is 3.98. The van der Waals surface area contributed by atoms with E-state index in [1.807, 2.05) is 23.6 Å². The minimum Gasteiger partial charge on any atom is -0.322 e. The lowest BCUT2D eigenvalue weighted by Gasteiger charge is -2.31. The SMILES string of the molecule is Cc1ccc(C)c2c1SCCN2C(=O)CN. The maximum absolute atomic E-state index is 11.8. The van der Waals surface area contributed by atoms with E-state index in [0.29, 0.717) is 0 Å². The van der Waals surface area contributed by atoms with Crippen molar-refractivity contribution in [2.75, 3.05) is 23.7 Å². The van der Waals surface area contributed by atoms with E-state index in [1.54, 1.807) is 0 Å². The lowest BCUT2D eigenvalue weighted by Crippen LogP contribution is -2.40. The molecule has 2 rings (SSSR count). The van der Waals surface area contributed by atoms with Crippen molar-refractivity contribution in [2.24, 2.45) is 5.73 Å². The Morgan fingerprint density at radius 1 is 1.44 bits per heavy atom. The fourth-order valence-corrected chi connectivity index (χ4v) is 3.18. The number of carbonyl (C=O) groups excluding carboxylic acids is 1. The average Bonchev–Trinajstić information content (AvgIpc) is 2.32. The predicted molar refractivity (Wildman–Crippen MR) is 68.0 cm³/mol. The van der Waals surface area contributed by atoms with E-state index in [9.17, 15) is 4.79 Å². The highest BCUT2D eigenvalue weighted by atomic mass is 32.2. The second-order valence-corrected chi connectivity index (χ2v) is 5.08. The zero-order valence-electron chi connectivity index (χ0n) is 9.62. The van der Waals surface area contributed by atoms with Crippen LogP contribution < -0.4 is 10.6 Å². The molecule has 1 heterocycles. The van der Waals surface area contributed by atoms with Gasteiger partial charge in [0.05, 0.1) is 12.2 Å². The average molecular weight is 236 g/mol. The van der Waals surface area contributed by atoms with Crippen LogP contribution in [0.15, 0.2) is 17.0 Å². The number of benzene rings is 1. The van der Waals surface area contributed by atoms with Gasteiger partial charge in [0.1, 0.15) is 0 Å². The van der Waals surface area contributed by atoms with Gasteiger partial charge < -0.3 is 10.6 Å². The summed E-state index contributed by atoms with van der Waals surface area (Å²) in [6.07, 6.45) is 0. The summed E-state index contributed by atoms with van der Waals surface area (Å²) in [5, 5.41) is 0. The van der Waals surface area contributed by atoms with Crippen LogP contribution in [0.25, 0.3) is 0 Å². The molecule has 0 atom stereocenters. The number of nitrogens with two attached hydrogens (primary N) is 1. The minimum atomic E-state index is 0.00949. The number of hydrogen-bond acceptors (Lipinski definition) is 3. The Balaban J connectivity index is 2.53. The van der Waals surface area contributed by atoms with Crippen LogP contribution in [0.1, 0.15) is 11.1 Å². The molecule has 0 radical (unpaired) electrons. The molecular weight excluding hydrogens is 220 g/mol. The Morgan fingerprint density at radius 2 is 2.12 bits per heavy atom. The highest BCUT2D eigenvalue weighted by molar-refractivity contribution is 7.99. The normalized spacial score (nSPS) is 14.8. The Hall–Kier alpha value is -1.00. The molecule has 0 aliphatic carbocycles. The molecule has 0 aromatic heterocycles. The molecule has 1 aliphatic heterocycles. The van der Waals surface area contributed by atoms with Gasteiger partial charge in [0.25, 0.3) is 0 Å². The van der Waals surface area contributed by atoms with Crippen molar-refractivity contribution in [2.45, 2.75) is 18.7 Å². The first-order chi connectivity index (χ1) is 7.65. The molecule has 1 aromatic carbocycles. The van der Waals surface area contributed by atoms with Crippen LogP contribution in [0, 0.1) is 13.8 Å². The van der Waals surface area contributed by atoms with Gasteiger partial charge in [0.15, 0.2) is 0 Å². The lowest BCUT2D eigenvalue weighted by molar-refractivity contribution is -0.117. The van der Waals surface area contributed by atoms with E-state index in [-0.39, 0.29) is 12.5 Å². The monoisotopic (exact) mass is 236 g/mol. The second kappa shape index (κ2) is 4.47.